The van der Waals surface area contributed by atoms with Gasteiger partial charge in [0, 0.05) is 5.41 Å². The molecule has 0 heterocycles. The summed E-state index contributed by atoms with van der Waals surface area (Å²) >= 11 is 0. The molecule has 0 fully saturated rings. The third kappa shape index (κ3) is 8.48. The molecule has 0 spiro atoms. The van der Waals surface area contributed by atoms with Crippen molar-refractivity contribution in [3.05, 3.63) is 192 Å². The standard InChI is InChI=1S/C61H62/c1-3-5-7-9-11-22-38-61(39-23-12-10-8-6-4-2)59-43-50(47-28-20-15-21-29-47)32-36-54(59)55-37-33-51(44-60(55)61)49-31-35-53-52-34-30-48(46-26-18-14-19-27-46)41-57(52)56(58(53)42-49)40-45-24-16-13-17-25-45/h13-21,24-37,40-44H,3-12,22-23,38-39H2,1-2H3/b56-40-. The molecule has 7 aromatic rings. The van der Waals surface area contributed by atoms with Crippen molar-refractivity contribution in [1.82, 2.24) is 0 Å². The van der Waals surface area contributed by atoms with Crippen molar-refractivity contribution in [3.63, 3.8) is 0 Å². The van der Waals surface area contributed by atoms with Gasteiger partial charge in [0.2, 0.25) is 0 Å². The maximum Gasteiger partial charge on any atom is 0.0215 e. The topological polar surface area (TPSA) is 0 Å². The molecule has 0 amide bonds. The summed E-state index contributed by atoms with van der Waals surface area (Å²) in [4.78, 5) is 0. The molecule has 0 bridgehead atoms. The average molecular weight is 795 g/mol. The zero-order valence-electron chi connectivity index (χ0n) is 36.6. The third-order valence-electron chi connectivity index (χ3n) is 13.8. The molecule has 0 nitrogen and oxygen atoms in total. The summed E-state index contributed by atoms with van der Waals surface area (Å²) < 4.78 is 0. The molecule has 0 unspecified atom stereocenters. The van der Waals surface area contributed by atoms with E-state index in [4.69, 9.17) is 0 Å². The minimum atomic E-state index is 0.000154. The van der Waals surface area contributed by atoms with E-state index in [0.717, 1.165) is 0 Å². The molecular weight excluding hydrogens is 733 g/mol. The largest absolute Gasteiger partial charge is 0.0654 e. The van der Waals surface area contributed by atoms with Crippen LogP contribution >= 0.6 is 0 Å². The first-order valence-electron chi connectivity index (χ1n) is 23.6. The molecule has 61 heavy (non-hydrogen) atoms. The second kappa shape index (κ2) is 18.9. The lowest BCUT2D eigenvalue weighted by Gasteiger charge is -2.33. The molecular formula is C61H62. The highest BCUT2D eigenvalue weighted by atomic mass is 14.5. The lowest BCUT2D eigenvalue weighted by molar-refractivity contribution is 0.398. The van der Waals surface area contributed by atoms with Gasteiger partial charge in [0.1, 0.15) is 0 Å². The number of unbranched alkanes of at least 4 members (excludes halogenated alkanes) is 10. The maximum absolute atomic E-state index is 2.63. The predicted molar refractivity (Wildman–Crippen MR) is 264 cm³/mol. The Hall–Kier alpha value is -5.72. The fraction of sp³-hybridized carbons (Fsp3) is 0.279. The second-order valence-electron chi connectivity index (χ2n) is 17.9. The van der Waals surface area contributed by atoms with Crippen LogP contribution in [-0.4, -0.2) is 0 Å². The molecule has 7 aromatic carbocycles. The van der Waals surface area contributed by atoms with Crippen molar-refractivity contribution in [2.24, 2.45) is 0 Å². The van der Waals surface area contributed by atoms with Gasteiger partial charge < -0.3 is 0 Å². The van der Waals surface area contributed by atoms with Crippen LogP contribution < -0.4 is 0 Å². The van der Waals surface area contributed by atoms with Gasteiger partial charge in [-0.05, 0) is 132 Å². The smallest absolute Gasteiger partial charge is 0.0215 e. The molecule has 0 aromatic heterocycles. The number of rotatable bonds is 18. The van der Waals surface area contributed by atoms with E-state index in [0.29, 0.717) is 0 Å². The normalized spacial score (nSPS) is 13.8. The van der Waals surface area contributed by atoms with Crippen molar-refractivity contribution >= 4 is 11.6 Å². The van der Waals surface area contributed by atoms with Gasteiger partial charge in [0.25, 0.3) is 0 Å². The number of fused-ring (bicyclic) bond motifs is 6. The maximum atomic E-state index is 2.63. The van der Waals surface area contributed by atoms with E-state index in [1.165, 1.54) is 168 Å². The van der Waals surface area contributed by atoms with Gasteiger partial charge in [-0.15, -0.1) is 0 Å². The van der Waals surface area contributed by atoms with Gasteiger partial charge in [-0.25, -0.2) is 0 Å². The lowest BCUT2D eigenvalue weighted by atomic mass is 9.70. The first-order chi connectivity index (χ1) is 30.2. The van der Waals surface area contributed by atoms with Crippen LogP contribution in [-0.2, 0) is 5.41 Å². The van der Waals surface area contributed by atoms with Crippen molar-refractivity contribution in [2.45, 2.75) is 109 Å². The van der Waals surface area contributed by atoms with Crippen LogP contribution in [0.4, 0.5) is 0 Å². The third-order valence-corrected chi connectivity index (χ3v) is 13.8. The fourth-order valence-electron chi connectivity index (χ4n) is 10.6. The van der Waals surface area contributed by atoms with E-state index >= 15 is 0 Å². The van der Waals surface area contributed by atoms with Gasteiger partial charge in [-0.3, -0.25) is 0 Å². The van der Waals surface area contributed by atoms with Crippen molar-refractivity contribution in [3.8, 4) is 55.6 Å². The Bertz CT molecular complexity index is 2570. The Morgan fingerprint density at radius 3 is 1.18 bits per heavy atom. The highest BCUT2D eigenvalue weighted by Crippen LogP contribution is 2.56. The Morgan fingerprint density at radius 2 is 0.705 bits per heavy atom. The molecule has 0 aliphatic heterocycles. The zero-order valence-corrected chi connectivity index (χ0v) is 36.6. The van der Waals surface area contributed by atoms with Crippen molar-refractivity contribution < 1.29 is 0 Å². The SMILES string of the molecule is CCCCCCCCC1(CCCCCCCC)c2cc(-c3ccccc3)ccc2-c2ccc(-c3ccc4c(c3)/C(=C\c3ccccc3)c3cc(-c5ccccc5)ccc3-4)cc21. The summed E-state index contributed by atoms with van der Waals surface area (Å²) in [5.74, 6) is 0. The predicted octanol–water partition coefficient (Wildman–Crippen LogP) is 18.0. The summed E-state index contributed by atoms with van der Waals surface area (Å²) in [6, 6.07) is 62.0. The summed E-state index contributed by atoms with van der Waals surface area (Å²) in [6.45, 7) is 4.65. The first-order valence-corrected chi connectivity index (χ1v) is 23.6. The highest BCUT2D eigenvalue weighted by molar-refractivity contribution is 6.08. The Balaban J connectivity index is 1.14. The minimum Gasteiger partial charge on any atom is -0.0654 e. The van der Waals surface area contributed by atoms with E-state index in [2.05, 4.69) is 184 Å². The molecule has 0 heteroatoms. The van der Waals surface area contributed by atoms with E-state index in [1.807, 2.05) is 0 Å². The average Bonchev–Trinajstić information content (AvgIpc) is 3.77. The number of hydrogen-bond acceptors (Lipinski definition) is 0. The molecule has 306 valence electrons. The van der Waals surface area contributed by atoms with Crippen LogP contribution in [0.3, 0.4) is 0 Å². The molecule has 0 atom stereocenters. The van der Waals surface area contributed by atoms with E-state index in [9.17, 15) is 0 Å². The minimum absolute atomic E-state index is 0.000154. The Morgan fingerprint density at radius 1 is 0.328 bits per heavy atom. The molecule has 9 rings (SSSR count). The quantitative estimate of drug-likeness (QED) is 0.0759. The molecule has 0 saturated heterocycles. The Labute approximate surface area is 366 Å². The lowest BCUT2D eigenvalue weighted by Crippen LogP contribution is -2.25. The summed E-state index contributed by atoms with van der Waals surface area (Å²) in [6.07, 6.45) is 20.7. The summed E-state index contributed by atoms with van der Waals surface area (Å²) in [7, 11) is 0. The second-order valence-corrected chi connectivity index (χ2v) is 17.9. The summed E-state index contributed by atoms with van der Waals surface area (Å²) in [5.41, 5.74) is 21.6. The number of hydrogen-bond donors (Lipinski definition) is 0. The molecule has 0 N–H and O–H groups in total. The monoisotopic (exact) mass is 794 g/mol. The molecule has 2 aliphatic rings. The highest BCUT2D eigenvalue weighted by Gasteiger charge is 2.42. The van der Waals surface area contributed by atoms with Crippen molar-refractivity contribution in [2.75, 3.05) is 0 Å². The summed E-state index contributed by atoms with van der Waals surface area (Å²) in [5, 5.41) is 0. The van der Waals surface area contributed by atoms with Crippen LogP contribution in [0.2, 0.25) is 0 Å². The van der Waals surface area contributed by atoms with Gasteiger partial charge in [-0.1, -0.05) is 230 Å². The molecule has 2 aliphatic carbocycles. The first kappa shape index (κ1) is 40.7. The fourth-order valence-corrected chi connectivity index (χ4v) is 10.6. The van der Waals surface area contributed by atoms with Crippen LogP contribution in [0.15, 0.2) is 164 Å². The van der Waals surface area contributed by atoms with Gasteiger partial charge in [0.15, 0.2) is 0 Å². The van der Waals surface area contributed by atoms with E-state index < -0.39 is 0 Å². The van der Waals surface area contributed by atoms with Crippen LogP contribution in [0, 0.1) is 0 Å². The van der Waals surface area contributed by atoms with Crippen molar-refractivity contribution in [1.29, 1.82) is 0 Å². The van der Waals surface area contributed by atoms with Gasteiger partial charge in [-0.2, -0.15) is 0 Å². The van der Waals surface area contributed by atoms with Crippen LogP contribution in [0.5, 0.6) is 0 Å². The number of benzene rings is 7. The zero-order chi connectivity index (χ0) is 41.4. The van der Waals surface area contributed by atoms with Gasteiger partial charge in [0.05, 0.1) is 0 Å². The van der Waals surface area contributed by atoms with E-state index in [-0.39, 0.29) is 5.41 Å². The van der Waals surface area contributed by atoms with Crippen LogP contribution in [0.1, 0.15) is 132 Å². The molecule has 0 radical (unpaired) electrons. The van der Waals surface area contributed by atoms with Gasteiger partial charge >= 0.3 is 0 Å². The van der Waals surface area contributed by atoms with Crippen LogP contribution in [0.25, 0.3) is 67.3 Å². The molecule has 0 saturated carbocycles. The van der Waals surface area contributed by atoms with E-state index in [1.54, 1.807) is 11.1 Å². The Kier molecular flexibility index (Phi) is 12.6.